The van der Waals surface area contributed by atoms with Crippen LogP contribution in [0.25, 0.3) is 0 Å². The molecule has 11 heavy (non-hydrogen) atoms. The van der Waals surface area contributed by atoms with Gasteiger partial charge in [0.05, 0.1) is 0 Å². The molecule has 0 spiro atoms. The van der Waals surface area contributed by atoms with Gasteiger partial charge < -0.3 is 5.11 Å². The van der Waals surface area contributed by atoms with Gasteiger partial charge in [-0.3, -0.25) is 4.90 Å². The average Bonchev–Trinajstić information content (AvgIpc) is 1.75. The van der Waals surface area contributed by atoms with E-state index >= 15 is 0 Å². The monoisotopic (exact) mass is 177 g/mol. The highest BCUT2D eigenvalue weighted by molar-refractivity contribution is 5.85. The fraction of sp³-hybridized carbons (Fsp3) is 0.571. The number of carbonyl (C=O) groups is 1. The Morgan fingerprint density at radius 3 is 2.55 bits per heavy atom. The maximum Gasteiger partial charge on any atom is 0.328 e. The number of aliphatic carboxylic acids is 1. The van der Waals surface area contributed by atoms with Gasteiger partial charge in [-0.05, 0) is 19.5 Å². The van der Waals surface area contributed by atoms with Gasteiger partial charge in [0.2, 0.25) is 0 Å². The summed E-state index contributed by atoms with van der Waals surface area (Å²) >= 11 is 0. The molecule has 0 aromatic heterocycles. The van der Waals surface area contributed by atoms with Crippen LogP contribution in [0, 0.1) is 0 Å². The van der Waals surface area contributed by atoms with Gasteiger partial charge in [0.15, 0.2) is 0 Å². The number of hydrogen-bond acceptors (Lipinski definition) is 2. The van der Waals surface area contributed by atoms with Gasteiger partial charge in [-0.2, -0.15) is 0 Å². The normalized spacial score (nSPS) is 17.5. The van der Waals surface area contributed by atoms with Crippen LogP contribution in [-0.2, 0) is 4.79 Å². The van der Waals surface area contributed by atoms with Crippen LogP contribution in [-0.4, -0.2) is 35.6 Å². The summed E-state index contributed by atoms with van der Waals surface area (Å²) in [6, 6.07) is 0. The Bertz CT molecular complexity index is 155. The largest absolute Gasteiger partial charge is 0.478 e. The van der Waals surface area contributed by atoms with E-state index < -0.39 is 5.97 Å². The zero-order valence-corrected chi connectivity index (χ0v) is 7.01. The molecule has 64 valence electrons. The van der Waals surface area contributed by atoms with Crippen molar-refractivity contribution in [2.75, 3.05) is 19.6 Å². The lowest BCUT2D eigenvalue weighted by atomic mass is 10.2. The van der Waals surface area contributed by atoms with Crippen LogP contribution < -0.4 is 0 Å². The van der Waals surface area contributed by atoms with Gasteiger partial charge in [0.25, 0.3) is 0 Å². The summed E-state index contributed by atoms with van der Waals surface area (Å²) in [5, 5.41) is 8.21. The zero-order chi connectivity index (χ0) is 7.40. The fourth-order valence-electron chi connectivity index (χ4n) is 0.867. The highest BCUT2D eigenvalue weighted by Gasteiger charge is 2.10. The second-order valence-electron chi connectivity index (χ2n) is 2.39. The fourth-order valence-corrected chi connectivity index (χ4v) is 0.867. The number of rotatable bonds is 3. The predicted molar refractivity (Wildman–Crippen MR) is 45.1 cm³/mol. The van der Waals surface area contributed by atoms with Crippen LogP contribution in [0.15, 0.2) is 12.2 Å². The lowest BCUT2D eigenvalue weighted by Gasteiger charge is -2.29. The molecule has 1 saturated heterocycles. The van der Waals surface area contributed by atoms with Crippen LogP contribution in [0.1, 0.15) is 6.42 Å². The van der Waals surface area contributed by atoms with Gasteiger partial charge in [-0.15, -0.1) is 12.4 Å². The Kier molecular flexibility index (Phi) is 4.90. The first-order valence-electron chi connectivity index (χ1n) is 3.41. The Morgan fingerprint density at radius 2 is 2.18 bits per heavy atom. The van der Waals surface area contributed by atoms with Crippen molar-refractivity contribution in [3.63, 3.8) is 0 Å². The van der Waals surface area contributed by atoms with Crippen LogP contribution in [0.2, 0.25) is 0 Å². The molecule has 1 rings (SSSR count). The van der Waals surface area contributed by atoms with E-state index in [-0.39, 0.29) is 12.4 Å². The molecule has 1 aliphatic rings. The minimum atomic E-state index is -0.861. The van der Waals surface area contributed by atoms with E-state index in [4.69, 9.17) is 5.11 Å². The van der Waals surface area contributed by atoms with Crippen LogP contribution in [0.5, 0.6) is 0 Å². The van der Waals surface area contributed by atoms with Crippen molar-refractivity contribution in [2.45, 2.75) is 6.42 Å². The summed E-state index contributed by atoms with van der Waals surface area (Å²) in [7, 11) is 0. The third-order valence-corrected chi connectivity index (χ3v) is 1.57. The Balaban J connectivity index is 0.000001000. The van der Waals surface area contributed by atoms with Crippen molar-refractivity contribution in [2.24, 2.45) is 0 Å². The third-order valence-electron chi connectivity index (χ3n) is 1.57. The summed E-state index contributed by atoms with van der Waals surface area (Å²) in [5.41, 5.74) is 0. The topological polar surface area (TPSA) is 40.5 Å². The second kappa shape index (κ2) is 5.16. The smallest absolute Gasteiger partial charge is 0.328 e. The molecule has 1 aliphatic heterocycles. The molecule has 0 aromatic rings. The number of halogens is 1. The highest BCUT2D eigenvalue weighted by Crippen LogP contribution is 2.03. The van der Waals surface area contributed by atoms with E-state index in [1.54, 1.807) is 6.08 Å². The zero-order valence-electron chi connectivity index (χ0n) is 6.19. The second-order valence-corrected chi connectivity index (χ2v) is 2.39. The number of nitrogens with zero attached hydrogens (tertiary/aromatic N) is 1. The molecule has 0 saturated carbocycles. The van der Waals surface area contributed by atoms with Crippen molar-refractivity contribution in [1.29, 1.82) is 0 Å². The molecule has 0 atom stereocenters. The molecule has 0 aromatic carbocycles. The Labute approximate surface area is 72.1 Å². The van der Waals surface area contributed by atoms with Crippen molar-refractivity contribution < 1.29 is 9.90 Å². The van der Waals surface area contributed by atoms with Crippen LogP contribution >= 0.6 is 12.4 Å². The molecule has 1 heterocycles. The Hall–Kier alpha value is -0.540. The molecule has 1 N–H and O–H groups in total. The van der Waals surface area contributed by atoms with E-state index in [9.17, 15) is 4.79 Å². The van der Waals surface area contributed by atoms with Gasteiger partial charge in [0, 0.05) is 12.6 Å². The lowest BCUT2D eigenvalue weighted by Crippen LogP contribution is -2.36. The molecular weight excluding hydrogens is 166 g/mol. The Morgan fingerprint density at radius 1 is 1.55 bits per heavy atom. The summed E-state index contributed by atoms with van der Waals surface area (Å²) < 4.78 is 0. The van der Waals surface area contributed by atoms with Crippen LogP contribution in [0.3, 0.4) is 0 Å². The molecule has 4 heteroatoms. The van der Waals surface area contributed by atoms with Gasteiger partial charge in [0.1, 0.15) is 0 Å². The quantitative estimate of drug-likeness (QED) is 0.647. The molecule has 0 bridgehead atoms. The first-order valence-corrected chi connectivity index (χ1v) is 3.41. The van der Waals surface area contributed by atoms with Gasteiger partial charge >= 0.3 is 5.97 Å². The van der Waals surface area contributed by atoms with Gasteiger partial charge in [-0.25, -0.2) is 4.79 Å². The average molecular weight is 178 g/mol. The first-order chi connectivity index (χ1) is 4.79. The molecular formula is C7H12ClNO2. The molecule has 0 aliphatic carbocycles. The van der Waals surface area contributed by atoms with E-state index in [0.717, 1.165) is 19.6 Å². The standard InChI is InChI=1S/C7H11NO2.ClH/c9-7(10)3-1-4-8-5-2-6-8;/h1,3H,2,4-6H2,(H,9,10);1H/b3-1+;. The van der Waals surface area contributed by atoms with Crippen molar-refractivity contribution >= 4 is 18.4 Å². The van der Waals surface area contributed by atoms with Crippen molar-refractivity contribution in [3.05, 3.63) is 12.2 Å². The number of carboxylic acids is 1. The first kappa shape index (κ1) is 10.5. The number of likely N-dealkylation sites (tertiary alicyclic amines) is 1. The van der Waals surface area contributed by atoms with E-state index in [1.165, 1.54) is 12.5 Å². The predicted octanol–water partition coefficient (Wildman–Crippen LogP) is 0.755. The van der Waals surface area contributed by atoms with E-state index in [0.29, 0.717) is 0 Å². The maximum absolute atomic E-state index is 9.98. The van der Waals surface area contributed by atoms with Crippen molar-refractivity contribution in [1.82, 2.24) is 4.90 Å². The molecule has 0 amide bonds. The van der Waals surface area contributed by atoms with Crippen LogP contribution in [0.4, 0.5) is 0 Å². The van der Waals surface area contributed by atoms with E-state index in [2.05, 4.69) is 4.90 Å². The highest BCUT2D eigenvalue weighted by atomic mass is 35.5. The number of hydrogen-bond donors (Lipinski definition) is 1. The molecule has 1 fully saturated rings. The minimum Gasteiger partial charge on any atom is -0.478 e. The molecule has 0 unspecified atom stereocenters. The third kappa shape index (κ3) is 4.01. The summed E-state index contributed by atoms with van der Waals surface area (Å²) in [5.74, 6) is -0.861. The van der Waals surface area contributed by atoms with Crippen molar-refractivity contribution in [3.8, 4) is 0 Å². The van der Waals surface area contributed by atoms with E-state index in [1.807, 2.05) is 0 Å². The summed E-state index contributed by atoms with van der Waals surface area (Å²) in [6.45, 7) is 3.01. The summed E-state index contributed by atoms with van der Waals surface area (Å²) in [6.07, 6.45) is 4.13. The maximum atomic E-state index is 9.98. The molecule has 3 nitrogen and oxygen atoms in total. The lowest BCUT2D eigenvalue weighted by molar-refractivity contribution is -0.131. The SMILES string of the molecule is Cl.O=C(O)/C=C/CN1CCC1. The summed E-state index contributed by atoms with van der Waals surface area (Å²) in [4.78, 5) is 12.2. The van der Waals surface area contributed by atoms with Gasteiger partial charge in [-0.1, -0.05) is 6.08 Å². The number of carboxylic acid groups (broad SMARTS) is 1. The minimum absolute atomic E-state index is 0. The molecule has 0 radical (unpaired) electrons.